The molecule has 1 aliphatic rings. The third kappa shape index (κ3) is 3.39. The van der Waals surface area contributed by atoms with E-state index in [0.29, 0.717) is 11.6 Å². The molecule has 1 aromatic carbocycles. The fraction of sp³-hybridized carbons (Fsp3) is 0.571. The van der Waals surface area contributed by atoms with Crippen LogP contribution < -0.4 is 5.32 Å². The van der Waals surface area contributed by atoms with E-state index in [0.717, 1.165) is 29.9 Å². The summed E-state index contributed by atoms with van der Waals surface area (Å²) in [5.41, 5.74) is 1.66. The second kappa shape index (κ2) is 5.93. The van der Waals surface area contributed by atoms with E-state index in [9.17, 15) is 8.60 Å². The number of hydrogen-bond donors (Lipinski definition) is 1. The van der Waals surface area contributed by atoms with Gasteiger partial charge >= 0.3 is 0 Å². The van der Waals surface area contributed by atoms with Gasteiger partial charge in [-0.1, -0.05) is 12.1 Å². The summed E-state index contributed by atoms with van der Waals surface area (Å²) in [7, 11) is -0.627. The summed E-state index contributed by atoms with van der Waals surface area (Å²) < 4.78 is 24.8. The van der Waals surface area contributed by atoms with Crippen LogP contribution in [0.2, 0.25) is 0 Å². The molecule has 1 saturated heterocycles. The van der Waals surface area contributed by atoms with Crippen LogP contribution in [0.25, 0.3) is 0 Å². The highest BCUT2D eigenvalue weighted by atomic mass is 32.2. The Labute approximate surface area is 110 Å². The predicted octanol–water partition coefficient (Wildman–Crippen LogP) is 2.70. The molecule has 0 saturated carbocycles. The molecule has 1 aromatic rings. The molecule has 1 N–H and O–H groups in total. The lowest BCUT2D eigenvalue weighted by Gasteiger charge is -2.26. The van der Waals surface area contributed by atoms with E-state index >= 15 is 0 Å². The Balaban J connectivity index is 1.96. The smallest absolute Gasteiger partial charge is 0.126 e. The van der Waals surface area contributed by atoms with Gasteiger partial charge in [-0.2, -0.15) is 0 Å². The van der Waals surface area contributed by atoms with E-state index in [1.165, 1.54) is 0 Å². The van der Waals surface area contributed by atoms with Crippen LogP contribution in [0.1, 0.15) is 36.9 Å². The molecule has 0 aliphatic carbocycles. The van der Waals surface area contributed by atoms with Gasteiger partial charge in [0, 0.05) is 34.4 Å². The fourth-order valence-electron chi connectivity index (χ4n) is 2.29. The standard InChI is InChI=1S/C14H20FNOS/c1-10-3-4-12(9-14(10)15)11(2)16-13-5-7-18(17)8-6-13/h3-4,9,11,13,16H,5-8H2,1-2H3. The van der Waals surface area contributed by atoms with E-state index in [2.05, 4.69) is 12.2 Å². The van der Waals surface area contributed by atoms with Gasteiger partial charge in [0.15, 0.2) is 0 Å². The summed E-state index contributed by atoms with van der Waals surface area (Å²) in [5, 5.41) is 3.50. The molecular formula is C14H20FNOS. The molecule has 18 heavy (non-hydrogen) atoms. The summed E-state index contributed by atoms with van der Waals surface area (Å²) in [4.78, 5) is 0. The second-order valence-corrected chi connectivity index (χ2v) is 6.72. The van der Waals surface area contributed by atoms with E-state index in [1.807, 2.05) is 12.1 Å². The lowest BCUT2D eigenvalue weighted by molar-refractivity contribution is 0.426. The van der Waals surface area contributed by atoms with Gasteiger partial charge in [0.1, 0.15) is 5.82 Å². The van der Waals surface area contributed by atoms with Gasteiger partial charge in [-0.05, 0) is 43.9 Å². The van der Waals surface area contributed by atoms with Crippen molar-refractivity contribution in [3.63, 3.8) is 0 Å². The number of benzene rings is 1. The fourth-order valence-corrected chi connectivity index (χ4v) is 3.59. The first-order valence-corrected chi connectivity index (χ1v) is 7.92. The van der Waals surface area contributed by atoms with Crippen molar-refractivity contribution in [3.8, 4) is 0 Å². The van der Waals surface area contributed by atoms with Gasteiger partial charge < -0.3 is 5.32 Å². The van der Waals surface area contributed by atoms with Crippen molar-refractivity contribution >= 4 is 10.8 Å². The SMILES string of the molecule is Cc1ccc(C(C)NC2CCS(=O)CC2)cc1F. The van der Waals surface area contributed by atoms with Gasteiger partial charge in [0.2, 0.25) is 0 Å². The second-order valence-electron chi connectivity index (χ2n) is 5.02. The number of aryl methyl sites for hydroxylation is 1. The highest BCUT2D eigenvalue weighted by molar-refractivity contribution is 7.85. The zero-order valence-electron chi connectivity index (χ0n) is 10.9. The van der Waals surface area contributed by atoms with Crippen molar-refractivity contribution in [3.05, 3.63) is 35.1 Å². The molecule has 1 unspecified atom stereocenters. The Hall–Kier alpha value is -0.740. The Morgan fingerprint density at radius 2 is 2.06 bits per heavy atom. The highest BCUT2D eigenvalue weighted by Gasteiger charge is 2.19. The van der Waals surface area contributed by atoms with Crippen molar-refractivity contribution in [2.75, 3.05) is 11.5 Å². The molecule has 2 nitrogen and oxygen atoms in total. The molecule has 2 rings (SSSR count). The van der Waals surface area contributed by atoms with Crippen LogP contribution in [0.5, 0.6) is 0 Å². The molecule has 0 aromatic heterocycles. The molecule has 0 bridgehead atoms. The molecular weight excluding hydrogens is 249 g/mol. The third-order valence-corrected chi connectivity index (χ3v) is 4.95. The van der Waals surface area contributed by atoms with Crippen LogP contribution in [0.3, 0.4) is 0 Å². The molecule has 0 radical (unpaired) electrons. The maximum absolute atomic E-state index is 13.5. The van der Waals surface area contributed by atoms with Crippen molar-refractivity contribution < 1.29 is 8.60 Å². The maximum atomic E-state index is 13.5. The summed E-state index contributed by atoms with van der Waals surface area (Å²) in [6.07, 6.45) is 1.90. The van der Waals surface area contributed by atoms with E-state index in [-0.39, 0.29) is 11.9 Å². The Morgan fingerprint density at radius 1 is 1.39 bits per heavy atom. The van der Waals surface area contributed by atoms with Gasteiger partial charge in [-0.15, -0.1) is 0 Å². The minimum atomic E-state index is -0.627. The average Bonchev–Trinajstić information content (AvgIpc) is 2.35. The van der Waals surface area contributed by atoms with Crippen LogP contribution in [-0.4, -0.2) is 21.8 Å². The Morgan fingerprint density at radius 3 is 2.67 bits per heavy atom. The monoisotopic (exact) mass is 269 g/mol. The number of nitrogens with one attached hydrogen (secondary N) is 1. The molecule has 4 heteroatoms. The zero-order valence-corrected chi connectivity index (χ0v) is 11.7. The quantitative estimate of drug-likeness (QED) is 0.914. The van der Waals surface area contributed by atoms with Crippen LogP contribution in [-0.2, 0) is 10.8 Å². The molecule has 0 spiro atoms. The average molecular weight is 269 g/mol. The van der Waals surface area contributed by atoms with Gasteiger partial charge in [-0.3, -0.25) is 4.21 Å². The van der Waals surface area contributed by atoms with Gasteiger partial charge in [0.25, 0.3) is 0 Å². The Kier molecular flexibility index (Phi) is 4.51. The van der Waals surface area contributed by atoms with Gasteiger partial charge in [-0.25, -0.2) is 4.39 Å². The van der Waals surface area contributed by atoms with Gasteiger partial charge in [0.05, 0.1) is 0 Å². The molecule has 100 valence electrons. The lowest BCUT2D eigenvalue weighted by Crippen LogP contribution is -2.37. The van der Waals surface area contributed by atoms with E-state index in [4.69, 9.17) is 0 Å². The summed E-state index contributed by atoms with van der Waals surface area (Å²) in [5.74, 6) is 1.42. The largest absolute Gasteiger partial charge is 0.307 e. The van der Waals surface area contributed by atoms with Crippen molar-refractivity contribution in [1.82, 2.24) is 5.32 Å². The first-order valence-electron chi connectivity index (χ1n) is 6.43. The van der Waals surface area contributed by atoms with Crippen molar-refractivity contribution in [2.45, 2.75) is 38.8 Å². The van der Waals surface area contributed by atoms with Crippen molar-refractivity contribution in [2.24, 2.45) is 0 Å². The highest BCUT2D eigenvalue weighted by Crippen LogP contribution is 2.19. The zero-order chi connectivity index (χ0) is 13.1. The number of rotatable bonds is 3. The lowest BCUT2D eigenvalue weighted by atomic mass is 10.0. The molecule has 1 fully saturated rings. The maximum Gasteiger partial charge on any atom is 0.126 e. The topological polar surface area (TPSA) is 29.1 Å². The molecule has 1 aliphatic heterocycles. The summed E-state index contributed by atoms with van der Waals surface area (Å²) in [6.45, 7) is 3.82. The van der Waals surface area contributed by atoms with Crippen LogP contribution in [0.4, 0.5) is 4.39 Å². The minimum Gasteiger partial charge on any atom is -0.307 e. The molecule has 0 amide bonds. The summed E-state index contributed by atoms with van der Waals surface area (Å²) >= 11 is 0. The first-order chi connectivity index (χ1) is 8.56. The van der Waals surface area contributed by atoms with Crippen LogP contribution >= 0.6 is 0 Å². The predicted molar refractivity (Wildman–Crippen MR) is 73.6 cm³/mol. The van der Waals surface area contributed by atoms with Crippen LogP contribution in [0, 0.1) is 12.7 Å². The number of hydrogen-bond acceptors (Lipinski definition) is 2. The normalized spacial score (nSPS) is 25.9. The summed E-state index contributed by atoms with van der Waals surface area (Å²) in [6, 6.07) is 5.93. The third-order valence-electron chi connectivity index (χ3n) is 3.57. The van der Waals surface area contributed by atoms with E-state index < -0.39 is 10.8 Å². The van der Waals surface area contributed by atoms with Crippen LogP contribution in [0.15, 0.2) is 18.2 Å². The Bertz CT molecular complexity index is 439. The first kappa shape index (κ1) is 13.7. The van der Waals surface area contributed by atoms with E-state index in [1.54, 1.807) is 13.0 Å². The minimum absolute atomic E-state index is 0.136. The number of halogens is 1. The molecule has 1 atom stereocenters. The van der Waals surface area contributed by atoms with Crippen molar-refractivity contribution in [1.29, 1.82) is 0 Å². The molecule has 1 heterocycles.